The molecule has 0 saturated heterocycles. The maximum Gasteiger partial charge on any atom is 0.0406 e. The van der Waals surface area contributed by atoms with Crippen molar-refractivity contribution in [3.05, 3.63) is 68.3 Å². The predicted octanol–water partition coefficient (Wildman–Crippen LogP) is 5.25. The Morgan fingerprint density at radius 3 is 1.44 bits per heavy atom. The third-order valence-corrected chi connectivity index (χ3v) is 2.99. The minimum atomic E-state index is 0.801. The van der Waals surface area contributed by atoms with E-state index in [0.29, 0.717) is 0 Å². The zero-order valence-electron chi connectivity index (χ0n) is 9.37. The van der Waals surface area contributed by atoms with Gasteiger partial charge in [0, 0.05) is 8.59 Å². The van der Waals surface area contributed by atoms with E-state index in [0.717, 1.165) is 5.02 Å². The van der Waals surface area contributed by atoms with Crippen molar-refractivity contribution in [2.45, 2.75) is 13.8 Å². The van der Waals surface area contributed by atoms with Crippen LogP contribution >= 0.6 is 34.2 Å². The summed E-state index contributed by atoms with van der Waals surface area (Å²) in [7, 11) is 0. The monoisotopic (exact) mass is 344 g/mol. The minimum absolute atomic E-state index is 0.801. The van der Waals surface area contributed by atoms with Crippen molar-refractivity contribution < 1.29 is 0 Å². The molecule has 0 bridgehead atoms. The van der Waals surface area contributed by atoms with E-state index in [1.165, 1.54) is 14.7 Å². The summed E-state index contributed by atoms with van der Waals surface area (Å²) < 4.78 is 1.30. The molecule has 0 aromatic heterocycles. The molecule has 2 aromatic rings. The molecule has 0 atom stereocenters. The summed E-state index contributed by atoms with van der Waals surface area (Å²) in [4.78, 5) is 0. The van der Waals surface area contributed by atoms with Crippen molar-refractivity contribution in [3.63, 3.8) is 0 Å². The fraction of sp³-hybridized carbons (Fsp3) is 0.143. The van der Waals surface area contributed by atoms with Gasteiger partial charge < -0.3 is 0 Å². The van der Waals surface area contributed by atoms with Crippen LogP contribution < -0.4 is 0 Å². The molecule has 2 rings (SSSR count). The summed E-state index contributed by atoms with van der Waals surface area (Å²) in [6.07, 6.45) is 0. The molecule has 16 heavy (non-hydrogen) atoms. The van der Waals surface area contributed by atoms with Crippen LogP contribution in [0.25, 0.3) is 0 Å². The van der Waals surface area contributed by atoms with Crippen LogP contribution in [0.1, 0.15) is 11.1 Å². The van der Waals surface area contributed by atoms with Crippen LogP contribution in [0, 0.1) is 17.4 Å². The molecule has 0 radical (unpaired) electrons. The molecule has 0 fully saturated rings. The number of aryl methyl sites for hydroxylation is 2. The van der Waals surface area contributed by atoms with Gasteiger partial charge in [-0.25, -0.2) is 0 Å². The number of benzene rings is 2. The van der Waals surface area contributed by atoms with Gasteiger partial charge in [-0.3, -0.25) is 0 Å². The Bertz CT molecular complexity index is 332. The van der Waals surface area contributed by atoms with Crippen molar-refractivity contribution in [3.8, 4) is 0 Å². The van der Waals surface area contributed by atoms with Gasteiger partial charge in [0.1, 0.15) is 0 Å². The van der Waals surface area contributed by atoms with E-state index in [2.05, 4.69) is 53.8 Å². The summed E-state index contributed by atoms with van der Waals surface area (Å²) in [5.74, 6) is 0. The number of hydrogen-bond donors (Lipinski definition) is 0. The Balaban J connectivity index is 0.000000160. The van der Waals surface area contributed by atoms with Crippen LogP contribution in [0.15, 0.2) is 48.5 Å². The maximum absolute atomic E-state index is 5.61. The van der Waals surface area contributed by atoms with Gasteiger partial charge in [0.05, 0.1) is 0 Å². The van der Waals surface area contributed by atoms with Gasteiger partial charge in [0.25, 0.3) is 0 Å². The highest BCUT2D eigenvalue weighted by atomic mass is 127. The van der Waals surface area contributed by atoms with Crippen LogP contribution in [0.5, 0.6) is 0 Å². The van der Waals surface area contributed by atoms with Crippen molar-refractivity contribution in [2.24, 2.45) is 0 Å². The number of hydrogen-bond acceptors (Lipinski definition) is 0. The Morgan fingerprint density at radius 1 is 0.750 bits per heavy atom. The molecule has 0 aliphatic heterocycles. The Morgan fingerprint density at radius 2 is 1.12 bits per heavy atom. The highest BCUT2D eigenvalue weighted by molar-refractivity contribution is 14.1. The van der Waals surface area contributed by atoms with Gasteiger partial charge in [0.2, 0.25) is 0 Å². The van der Waals surface area contributed by atoms with Gasteiger partial charge in [-0.05, 0) is 60.7 Å². The first-order valence-electron chi connectivity index (χ1n) is 5.02. The third kappa shape index (κ3) is 5.52. The molecule has 0 nitrogen and oxygen atoms in total. The molecule has 0 amide bonds. The fourth-order valence-electron chi connectivity index (χ4n) is 1.07. The van der Waals surface area contributed by atoms with E-state index >= 15 is 0 Å². The minimum Gasteiger partial charge on any atom is -0.0843 e. The first-order valence-corrected chi connectivity index (χ1v) is 6.48. The third-order valence-electron chi connectivity index (χ3n) is 2.02. The highest BCUT2D eigenvalue weighted by Gasteiger charge is 1.82. The van der Waals surface area contributed by atoms with Crippen LogP contribution in [0.3, 0.4) is 0 Å². The van der Waals surface area contributed by atoms with Gasteiger partial charge >= 0.3 is 0 Å². The second kappa shape index (κ2) is 6.92. The van der Waals surface area contributed by atoms with E-state index in [-0.39, 0.29) is 0 Å². The zero-order valence-corrected chi connectivity index (χ0v) is 12.3. The molecule has 2 heteroatoms. The Labute approximate surface area is 116 Å². The average molecular weight is 345 g/mol. The summed E-state index contributed by atoms with van der Waals surface area (Å²) >= 11 is 7.91. The normalized spacial score (nSPS) is 9.25. The number of halogens is 2. The quantitative estimate of drug-likeness (QED) is 0.573. The second-order valence-electron chi connectivity index (χ2n) is 3.59. The summed E-state index contributed by atoms with van der Waals surface area (Å²) in [6.45, 7) is 4.13. The van der Waals surface area contributed by atoms with Crippen LogP contribution in [-0.2, 0) is 0 Å². The molecule has 0 unspecified atom stereocenters. The largest absolute Gasteiger partial charge is 0.0843 e. The summed E-state index contributed by atoms with van der Waals surface area (Å²) in [5, 5.41) is 0.801. The molecular weight excluding hydrogens is 331 g/mol. The lowest BCUT2D eigenvalue weighted by molar-refractivity contribution is 1.46. The molecular formula is C14H14ClI. The molecule has 0 heterocycles. The fourth-order valence-corrected chi connectivity index (χ4v) is 1.55. The van der Waals surface area contributed by atoms with E-state index < -0.39 is 0 Å². The SMILES string of the molecule is Cc1ccc(Cl)cc1.Cc1ccc(I)cc1. The summed E-state index contributed by atoms with van der Waals surface area (Å²) in [6, 6.07) is 16.2. The first kappa shape index (κ1) is 13.5. The van der Waals surface area contributed by atoms with Gasteiger partial charge in [-0.1, -0.05) is 47.0 Å². The standard InChI is InChI=1S/C7H7Cl.C7H7I/c2*1-6-2-4-7(8)5-3-6/h2*2-5H,1H3. The lowest BCUT2D eigenvalue weighted by Gasteiger charge is -1.88. The average Bonchev–Trinajstić information content (AvgIpc) is 2.28. The van der Waals surface area contributed by atoms with Gasteiger partial charge in [-0.2, -0.15) is 0 Å². The smallest absolute Gasteiger partial charge is 0.0406 e. The van der Waals surface area contributed by atoms with Crippen molar-refractivity contribution in [1.29, 1.82) is 0 Å². The van der Waals surface area contributed by atoms with E-state index in [1.54, 1.807) is 0 Å². The lowest BCUT2D eigenvalue weighted by Crippen LogP contribution is -1.69. The highest BCUT2D eigenvalue weighted by Crippen LogP contribution is 2.07. The zero-order chi connectivity index (χ0) is 12.0. The number of rotatable bonds is 0. The molecule has 84 valence electrons. The topological polar surface area (TPSA) is 0 Å². The van der Waals surface area contributed by atoms with Crippen LogP contribution in [0.2, 0.25) is 5.02 Å². The maximum atomic E-state index is 5.61. The Kier molecular flexibility index (Phi) is 5.85. The van der Waals surface area contributed by atoms with E-state index in [4.69, 9.17) is 11.6 Å². The lowest BCUT2D eigenvalue weighted by atomic mass is 10.2. The van der Waals surface area contributed by atoms with Gasteiger partial charge in [0.15, 0.2) is 0 Å². The molecule has 0 aliphatic rings. The molecule has 2 aromatic carbocycles. The van der Waals surface area contributed by atoms with Crippen molar-refractivity contribution >= 4 is 34.2 Å². The Hall–Kier alpha value is -0.540. The van der Waals surface area contributed by atoms with Crippen LogP contribution in [0.4, 0.5) is 0 Å². The van der Waals surface area contributed by atoms with E-state index in [9.17, 15) is 0 Å². The van der Waals surface area contributed by atoms with Crippen molar-refractivity contribution in [1.82, 2.24) is 0 Å². The van der Waals surface area contributed by atoms with Crippen LogP contribution in [-0.4, -0.2) is 0 Å². The predicted molar refractivity (Wildman–Crippen MR) is 80.1 cm³/mol. The first-order chi connectivity index (χ1) is 7.58. The molecule has 0 aliphatic carbocycles. The van der Waals surface area contributed by atoms with Crippen molar-refractivity contribution in [2.75, 3.05) is 0 Å². The molecule has 0 spiro atoms. The molecule has 0 N–H and O–H groups in total. The molecule has 0 saturated carbocycles. The van der Waals surface area contributed by atoms with Gasteiger partial charge in [-0.15, -0.1) is 0 Å². The second-order valence-corrected chi connectivity index (χ2v) is 5.27. The summed E-state index contributed by atoms with van der Waals surface area (Å²) in [5.41, 5.74) is 2.57. The van der Waals surface area contributed by atoms with E-state index in [1.807, 2.05) is 31.2 Å².